The van der Waals surface area contributed by atoms with Crippen LogP contribution in [0.3, 0.4) is 0 Å². The zero-order valence-corrected chi connectivity index (χ0v) is 17.4. The van der Waals surface area contributed by atoms with Gasteiger partial charge in [0.25, 0.3) is 5.91 Å². The molecule has 2 aliphatic heterocycles. The Kier molecular flexibility index (Phi) is 5.49. The number of benzene rings is 1. The Morgan fingerprint density at radius 2 is 1.93 bits per heavy atom. The number of para-hydroxylation sites is 1. The maximum atomic E-state index is 13.1. The Balaban J connectivity index is 1.33. The summed E-state index contributed by atoms with van der Waals surface area (Å²) in [5.41, 5.74) is 4.16. The van der Waals surface area contributed by atoms with E-state index < -0.39 is 0 Å². The van der Waals surface area contributed by atoms with Gasteiger partial charge in [0, 0.05) is 43.7 Å². The van der Waals surface area contributed by atoms with E-state index in [0.717, 1.165) is 75.2 Å². The molecule has 2 aliphatic rings. The number of fused-ring (bicyclic) bond motifs is 1. The van der Waals surface area contributed by atoms with Crippen molar-refractivity contribution in [2.75, 3.05) is 26.2 Å². The lowest BCUT2D eigenvalue weighted by Crippen LogP contribution is -2.37. The van der Waals surface area contributed by atoms with E-state index in [9.17, 15) is 4.79 Å². The summed E-state index contributed by atoms with van der Waals surface area (Å²) in [6.07, 6.45) is 9.31. The molecule has 156 valence electrons. The van der Waals surface area contributed by atoms with Crippen molar-refractivity contribution in [1.82, 2.24) is 25.0 Å². The second kappa shape index (κ2) is 8.56. The number of aromatic amines is 1. The van der Waals surface area contributed by atoms with Crippen LogP contribution in [0.15, 0.2) is 42.7 Å². The molecule has 0 spiro atoms. The second-order valence-corrected chi connectivity index (χ2v) is 8.61. The van der Waals surface area contributed by atoms with Crippen LogP contribution in [-0.2, 0) is 6.54 Å². The van der Waals surface area contributed by atoms with Crippen LogP contribution in [0.1, 0.15) is 59.6 Å². The fourth-order valence-electron chi connectivity index (χ4n) is 5.01. The highest BCUT2D eigenvalue weighted by Crippen LogP contribution is 2.30. The lowest BCUT2D eigenvalue weighted by Gasteiger charge is -2.33. The van der Waals surface area contributed by atoms with Gasteiger partial charge in [0.05, 0.1) is 23.0 Å². The molecule has 1 aromatic carbocycles. The first-order valence-electron chi connectivity index (χ1n) is 11.2. The van der Waals surface area contributed by atoms with Crippen molar-refractivity contribution in [1.29, 1.82) is 0 Å². The summed E-state index contributed by atoms with van der Waals surface area (Å²) in [5.74, 6) is 0.466. The Bertz CT molecular complexity index is 1020. The third-order valence-corrected chi connectivity index (χ3v) is 6.59. The van der Waals surface area contributed by atoms with Crippen molar-refractivity contribution in [3.63, 3.8) is 0 Å². The summed E-state index contributed by atoms with van der Waals surface area (Å²) < 4.78 is 0. The van der Waals surface area contributed by atoms with Crippen LogP contribution in [0.4, 0.5) is 0 Å². The maximum Gasteiger partial charge on any atom is 0.257 e. The number of hydrogen-bond donors (Lipinski definition) is 1. The minimum Gasteiger partial charge on any atom is -0.339 e. The van der Waals surface area contributed by atoms with Crippen molar-refractivity contribution in [3.8, 4) is 0 Å². The van der Waals surface area contributed by atoms with Crippen molar-refractivity contribution < 1.29 is 4.79 Å². The highest BCUT2D eigenvalue weighted by molar-refractivity contribution is 5.95. The lowest BCUT2D eigenvalue weighted by molar-refractivity contribution is 0.0721. The van der Waals surface area contributed by atoms with Gasteiger partial charge >= 0.3 is 0 Å². The van der Waals surface area contributed by atoms with E-state index in [1.165, 1.54) is 17.4 Å². The summed E-state index contributed by atoms with van der Waals surface area (Å²) in [5, 5.41) is 8.67. The molecule has 0 radical (unpaired) electrons. The first-order chi connectivity index (χ1) is 14.8. The molecule has 5 rings (SSSR count). The number of rotatable bonds is 4. The van der Waals surface area contributed by atoms with Gasteiger partial charge in [0.1, 0.15) is 0 Å². The Labute approximate surface area is 177 Å². The molecule has 2 aromatic heterocycles. The van der Waals surface area contributed by atoms with Gasteiger partial charge in [-0.25, -0.2) is 0 Å². The average Bonchev–Trinajstić information content (AvgIpc) is 3.30. The molecular weight excluding hydrogens is 374 g/mol. The molecule has 1 N–H and O–H groups in total. The van der Waals surface area contributed by atoms with Gasteiger partial charge < -0.3 is 4.90 Å². The molecule has 0 aliphatic carbocycles. The van der Waals surface area contributed by atoms with E-state index in [2.05, 4.69) is 44.3 Å². The lowest BCUT2D eigenvalue weighted by atomic mass is 9.91. The molecule has 0 bridgehead atoms. The SMILES string of the molecule is O=C(c1cn[nH]c1[C@@H]1CCCN(Cc2ccnc3ccccc23)C1)N1CCCCC1. The fourth-order valence-corrected chi connectivity index (χ4v) is 5.01. The van der Waals surface area contributed by atoms with E-state index in [1.54, 1.807) is 6.20 Å². The predicted octanol–water partition coefficient (Wildman–Crippen LogP) is 3.96. The fraction of sp³-hybridized carbons (Fsp3) is 0.458. The number of hydrogen-bond acceptors (Lipinski definition) is 4. The standard InChI is InChI=1S/C24H29N5O/c30-24(29-13-4-1-5-14-29)21-15-26-27-23(21)19-7-6-12-28(17-19)16-18-10-11-25-22-9-3-2-8-20(18)22/h2-3,8-11,15,19H,1,4-7,12-14,16-17H2,(H,26,27)/t19-/m1/s1. The molecule has 4 heterocycles. The number of nitrogens with one attached hydrogen (secondary N) is 1. The van der Waals surface area contributed by atoms with E-state index in [1.807, 2.05) is 17.2 Å². The van der Waals surface area contributed by atoms with Gasteiger partial charge in [-0.15, -0.1) is 0 Å². The number of aromatic nitrogens is 3. The molecule has 30 heavy (non-hydrogen) atoms. The van der Waals surface area contributed by atoms with Crippen molar-refractivity contribution >= 4 is 16.8 Å². The zero-order chi connectivity index (χ0) is 20.3. The van der Waals surface area contributed by atoms with Gasteiger partial charge in [-0.1, -0.05) is 18.2 Å². The smallest absolute Gasteiger partial charge is 0.257 e. The van der Waals surface area contributed by atoms with Crippen molar-refractivity contribution in [2.24, 2.45) is 0 Å². The third kappa shape index (κ3) is 3.84. The normalized spacial score (nSPS) is 20.5. The highest BCUT2D eigenvalue weighted by Gasteiger charge is 2.29. The van der Waals surface area contributed by atoms with E-state index in [4.69, 9.17) is 0 Å². The molecule has 2 fully saturated rings. The first kappa shape index (κ1) is 19.2. The van der Waals surface area contributed by atoms with Crippen LogP contribution in [0.5, 0.6) is 0 Å². The van der Waals surface area contributed by atoms with E-state index in [-0.39, 0.29) is 5.91 Å². The number of likely N-dealkylation sites (tertiary alicyclic amines) is 2. The number of nitrogens with zero attached hydrogens (tertiary/aromatic N) is 4. The molecule has 0 unspecified atom stereocenters. The molecule has 1 atom stereocenters. The number of H-pyrrole nitrogens is 1. The van der Waals surface area contributed by atoms with Crippen molar-refractivity contribution in [2.45, 2.75) is 44.6 Å². The van der Waals surface area contributed by atoms with Crippen LogP contribution >= 0.6 is 0 Å². The molecule has 3 aromatic rings. The Morgan fingerprint density at radius 3 is 2.83 bits per heavy atom. The topological polar surface area (TPSA) is 65.1 Å². The largest absolute Gasteiger partial charge is 0.339 e. The summed E-state index contributed by atoms with van der Waals surface area (Å²) >= 11 is 0. The third-order valence-electron chi connectivity index (χ3n) is 6.59. The number of carbonyl (C=O) groups excluding carboxylic acids is 1. The van der Waals surface area contributed by atoms with Gasteiger partial charge in [0.2, 0.25) is 0 Å². The number of piperidine rings is 2. The first-order valence-corrected chi connectivity index (χ1v) is 11.2. The van der Waals surface area contributed by atoms with Gasteiger partial charge in [0.15, 0.2) is 0 Å². The van der Waals surface area contributed by atoms with Gasteiger partial charge in [-0.05, 0) is 56.3 Å². The van der Waals surface area contributed by atoms with Crippen LogP contribution in [0.2, 0.25) is 0 Å². The van der Waals surface area contributed by atoms with Crippen LogP contribution in [0, 0.1) is 0 Å². The summed E-state index contributed by atoms with van der Waals surface area (Å²) in [7, 11) is 0. The zero-order valence-electron chi connectivity index (χ0n) is 17.4. The quantitative estimate of drug-likeness (QED) is 0.716. The molecule has 0 saturated carbocycles. The van der Waals surface area contributed by atoms with Crippen molar-refractivity contribution in [3.05, 3.63) is 59.5 Å². The molecule has 6 nitrogen and oxygen atoms in total. The van der Waals surface area contributed by atoms with E-state index >= 15 is 0 Å². The van der Waals surface area contributed by atoms with Gasteiger partial charge in [-0.2, -0.15) is 5.10 Å². The minimum atomic E-state index is 0.149. The molecule has 6 heteroatoms. The number of pyridine rings is 1. The Hall–Kier alpha value is -2.73. The molecular formula is C24H29N5O. The average molecular weight is 404 g/mol. The van der Waals surface area contributed by atoms with Gasteiger partial charge in [-0.3, -0.25) is 19.8 Å². The highest BCUT2D eigenvalue weighted by atomic mass is 16.2. The monoisotopic (exact) mass is 403 g/mol. The maximum absolute atomic E-state index is 13.1. The van der Waals surface area contributed by atoms with Crippen LogP contribution in [-0.4, -0.2) is 57.1 Å². The summed E-state index contributed by atoms with van der Waals surface area (Å²) in [4.78, 5) is 22.1. The molecule has 2 saturated heterocycles. The number of carbonyl (C=O) groups is 1. The van der Waals surface area contributed by atoms with Crippen LogP contribution in [0.25, 0.3) is 10.9 Å². The summed E-state index contributed by atoms with van der Waals surface area (Å²) in [6.45, 7) is 4.67. The predicted molar refractivity (Wildman–Crippen MR) is 117 cm³/mol. The molecule has 1 amide bonds. The Morgan fingerprint density at radius 1 is 1.07 bits per heavy atom. The minimum absolute atomic E-state index is 0.149. The number of amides is 1. The van der Waals surface area contributed by atoms with Crippen LogP contribution < -0.4 is 0 Å². The van der Waals surface area contributed by atoms with E-state index in [0.29, 0.717) is 5.92 Å². The summed E-state index contributed by atoms with van der Waals surface area (Å²) in [6, 6.07) is 10.5. The second-order valence-electron chi connectivity index (χ2n) is 8.61.